The van der Waals surface area contributed by atoms with Crippen LogP contribution in [0, 0.1) is 0 Å². The Morgan fingerprint density at radius 1 is 1.28 bits per heavy atom. The van der Waals surface area contributed by atoms with Crippen molar-refractivity contribution >= 4 is 27.6 Å². The van der Waals surface area contributed by atoms with Gasteiger partial charge in [-0.3, -0.25) is 9.29 Å². The Kier molecular flexibility index (Phi) is 7.57. The molecule has 15 heteroatoms. The first-order chi connectivity index (χ1) is 15.0. The van der Waals surface area contributed by atoms with Gasteiger partial charge in [0.1, 0.15) is 23.6 Å². The van der Waals surface area contributed by atoms with Crippen molar-refractivity contribution in [2.45, 2.75) is 49.8 Å². The van der Waals surface area contributed by atoms with Crippen LogP contribution < -0.4 is 4.72 Å². The Bertz CT molecular complexity index is 1010. The lowest BCUT2D eigenvalue weighted by Crippen LogP contribution is -2.34. The average molecular weight is 499 g/mol. The molecule has 0 spiro atoms. The lowest BCUT2D eigenvalue weighted by atomic mass is 10.1. The number of methoxy groups -OCH3 is 1. The monoisotopic (exact) mass is 498 g/mol. The molecular weight excluding hydrogens is 477 g/mol. The number of hydrogen-bond acceptors (Lipinski definition) is 8. The molecule has 32 heavy (non-hydrogen) atoms. The van der Waals surface area contributed by atoms with Crippen LogP contribution in [0.2, 0.25) is 5.02 Å². The molecule has 0 saturated carbocycles. The van der Waals surface area contributed by atoms with Gasteiger partial charge in [0.15, 0.2) is 5.82 Å². The SMILES string of the molecule is CO[C@H](c1ncc(Cl)cn1)[C@H](C)S(=O)(=O)Nc1nnc(CC(F)(F)F)n1C1CCOCC1. The molecule has 0 radical (unpaired) electrons. The van der Waals surface area contributed by atoms with E-state index in [4.69, 9.17) is 21.1 Å². The van der Waals surface area contributed by atoms with Crippen molar-refractivity contribution in [3.63, 3.8) is 0 Å². The summed E-state index contributed by atoms with van der Waals surface area (Å²) in [6.07, 6.45) is -3.56. The van der Waals surface area contributed by atoms with E-state index in [0.29, 0.717) is 26.1 Å². The highest BCUT2D eigenvalue weighted by Gasteiger charge is 2.37. The van der Waals surface area contributed by atoms with Gasteiger partial charge in [-0.25, -0.2) is 18.4 Å². The molecule has 2 atom stereocenters. The van der Waals surface area contributed by atoms with Crippen LogP contribution in [-0.2, 0) is 25.9 Å². The average Bonchev–Trinajstić information content (AvgIpc) is 3.10. The highest BCUT2D eigenvalue weighted by atomic mass is 35.5. The standard InChI is InChI=1S/C17H22ClF3N6O4S/c1-10(14(30-2)15-22-8-11(18)9-23-15)32(28,29)26-16-25-24-13(7-17(19,20)21)27(16)12-3-5-31-6-4-12/h8-10,12,14H,3-7H2,1-2H3,(H,25,26)/t10-,14-/m0/s1. The number of nitrogens with zero attached hydrogens (tertiary/aromatic N) is 5. The van der Waals surface area contributed by atoms with E-state index in [2.05, 4.69) is 24.9 Å². The number of sulfonamides is 1. The van der Waals surface area contributed by atoms with E-state index < -0.39 is 40.0 Å². The molecule has 3 heterocycles. The number of aromatic nitrogens is 5. The minimum atomic E-state index is -4.54. The molecule has 1 saturated heterocycles. The van der Waals surface area contributed by atoms with Crippen LogP contribution in [0.4, 0.5) is 19.1 Å². The molecule has 0 unspecified atom stereocenters. The zero-order valence-corrected chi connectivity index (χ0v) is 18.8. The smallest absolute Gasteiger partial charge is 0.381 e. The van der Waals surface area contributed by atoms with Crippen LogP contribution in [0.25, 0.3) is 0 Å². The van der Waals surface area contributed by atoms with Gasteiger partial charge in [0.2, 0.25) is 16.0 Å². The summed E-state index contributed by atoms with van der Waals surface area (Å²) in [5.41, 5.74) is 0. The second kappa shape index (κ2) is 9.85. The van der Waals surface area contributed by atoms with Crippen molar-refractivity contribution in [2.24, 2.45) is 0 Å². The number of ether oxygens (including phenoxy) is 2. The van der Waals surface area contributed by atoms with E-state index in [0.717, 1.165) is 0 Å². The van der Waals surface area contributed by atoms with Gasteiger partial charge in [0, 0.05) is 38.8 Å². The first-order valence-electron chi connectivity index (χ1n) is 9.62. The number of hydrogen-bond donors (Lipinski definition) is 1. The van der Waals surface area contributed by atoms with Crippen molar-refractivity contribution in [1.82, 2.24) is 24.7 Å². The van der Waals surface area contributed by atoms with Crippen molar-refractivity contribution in [3.8, 4) is 0 Å². The van der Waals surface area contributed by atoms with E-state index in [-0.39, 0.29) is 22.6 Å². The van der Waals surface area contributed by atoms with E-state index in [1.54, 1.807) is 0 Å². The van der Waals surface area contributed by atoms with E-state index in [1.165, 1.54) is 31.0 Å². The van der Waals surface area contributed by atoms with Crippen LogP contribution >= 0.6 is 11.6 Å². The predicted octanol–water partition coefficient (Wildman–Crippen LogP) is 2.70. The molecule has 0 bridgehead atoms. The van der Waals surface area contributed by atoms with Gasteiger partial charge in [0.25, 0.3) is 0 Å². The van der Waals surface area contributed by atoms with Gasteiger partial charge < -0.3 is 9.47 Å². The summed E-state index contributed by atoms with van der Waals surface area (Å²) in [5, 5.41) is 6.35. The number of rotatable bonds is 8. The Labute approximate surface area is 187 Å². The maximum atomic E-state index is 13.1. The lowest BCUT2D eigenvalue weighted by molar-refractivity contribution is -0.129. The third kappa shape index (κ3) is 5.85. The van der Waals surface area contributed by atoms with Gasteiger partial charge in [-0.2, -0.15) is 13.2 Å². The predicted molar refractivity (Wildman–Crippen MR) is 108 cm³/mol. The molecule has 1 aliphatic heterocycles. The van der Waals surface area contributed by atoms with Crippen molar-refractivity contribution in [3.05, 3.63) is 29.1 Å². The number of halogens is 4. The van der Waals surface area contributed by atoms with Gasteiger partial charge in [-0.1, -0.05) is 11.6 Å². The summed E-state index contributed by atoms with van der Waals surface area (Å²) in [6, 6.07) is -0.443. The summed E-state index contributed by atoms with van der Waals surface area (Å²) in [7, 11) is -2.91. The summed E-state index contributed by atoms with van der Waals surface area (Å²) in [5.74, 6) is -0.590. The Morgan fingerprint density at radius 2 is 1.91 bits per heavy atom. The maximum absolute atomic E-state index is 13.1. The molecule has 178 valence electrons. The normalized spacial score (nSPS) is 17.8. The second-order valence-electron chi connectivity index (χ2n) is 7.21. The van der Waals surface area contributed by atoms with E-state index >= 15 is 0 Å². The van der Waals surface area contributed by atoms with Crippen molar-refractivity contribution in [1.29, 1.82) is 0 Å². The Morgan fingerprint density at radius 3 is 2.47 bits per heavy atom. The lowest BCUT2D eigenvalue weighted by Gasteiger charge is -2.27. The molecule has 0 amide bonds. The van der Waals surface area contributed by atoms with E-state index in [1.807, 2.05) is 0 Å². The fourth-order valence-electron chi connectivity index (χ4n) is 3.38. The van der Waals surface area contributed by atoms with Gasteiger partial charge in [-0.15, -0.1) is 10.2 Å². The highest BCUT2D eigenvalue weighted by molar-refractivity contribution is 7.93. The molecule has 1 aliphatic rings. The molecule has 1 fully saturated rings. The highest BCUT2D eigenvalue weighted by Crippen LogP contribution is 2.31. The zero-order valence-electron chi connectivity index (χ0n) is 17.2. The van der Waals surface area contributed by atoms with Gasteiger partial charge >= 0.3 is 6.18 Å². The molecule has 1 N–H and O–H groups in total. The third-order valence-corrected chi connectivity index (χ3v) is 6.87. The summed E-state index contributed by atoms with van der Waals surface area (Å²) < 4.78 is 79.3. The van der Waals surface area contributed by atoms with Crippen LogP contribution in [0.3, 0.4) is 0 Å². The number of alkyl halides is 3. The maximum Gasteiger partial charge on any atom is 0.396 e. The quantitative estimate of drug-likeness (QED) is 0.589. The van der Waals surface area contributed by atoms with E-state index in [9.17, 15) is 21.6 Å². The molecule has 2 aromatic rings. The fourth-order valence-corrected chi connectivity index (χ4v) is 4.61. The van der Waals surface area contributed by atoms with Crippen molar-refractivity contribution in [2.75, 3.05) is 25.0 Å². The van der Waals surface area contributed by atoms with Crippen LogP contribution in [0.5, 0.6) is 0 Å². The first kappa shape index (κ1) is 24.6. The molecule has 0 aliphatic carbocycles. The third-order valence-electron chi connectivity index (χ3n) is 4.98. The second-order valence-corrected chi connectivity index (χ2v) is 9.69. The molecular formula is C17H22ClF3N6O4S. The molecule has 0 aromatic carbocycles. The van der Waals surface area contributed by atoms with Gasteiger partial charge in [0.05, 0.1) is 5.02 Å². The molecule has 10 nitrogen and oxygen atoms in total. The Hall–Kier alpha value is -2.03. The Balaban J connectivity index is 1.90. The molecule has 3 rings (SSSR count). The topological polar surface area (TPSA) is 121 Å². The number of anilines is 1. The minimum Gasteiger partial charge on any atom is -0.381 e. The summed E-state index contributed by atoms with van der Waals surface area (Å²) in [4.78, 5) is 7.99. The van der Waals surface area contributed by atoms with Crippen LogP contribution in [0.15, 0.2) is 12.4 Å². The fraction of sp³-hybridized carbons (Fsp3) is 0.647. The number of nitrogens with one attached hydrogen (secondary N) is 1. The minimum absolute atomic E-state index is 0.0819. The zero-order chi connectivity index (χ0) is 23.5. The van der Waals surface area contributed by atoms with Crippen molar-refractivity contribution < 1.29 is 31.1 Å². The summed E-state index contributed by atoms with van der Waals surface area (Å²) in [6.45, 7) is 2.02. The van der Waals surface area contributed by atoms with Crippen LogP contribution in [0.1, 0.15) is 43.6 Å². The largest absolute Gasteiger partial charge is 0.396 e. The van der Waals surface area contributed by atoms with Crippen LogP contribution in [-0.4, -0.2) is 64.9 Å². The first-order valence-corrected chi connectivity index (χ1v) is 11.5. The molecule has 2 aromatic heterocycles. The van der Waals surface area contributed by atoms with Gasteiger partial charge in [-0.05, 0) is 19.8 Å². The summed E-state index contributed by atoms with van der Waals surface area (Å²) >= 11 is 5.77.